The molecule has 0 fully saturated rings. The van der Waals surface area contributed by atoms with Crippen LogP contribution in [0.2, 0.25) is 0 Å². The summed E-state index contributed by atoms with van der Waals surface area (Å²) in [6.07, 6.45) is 1.49. The predicted octanol–water partition coefficient (Wildman–Crippen LogP) is 5.04. The molecule has 0 atom stereocenters. The third-order valence-electron chi connectivity index (χ3n) is 5.27. The zero-order valence-corrected chi connectivity index (χ0v) is 18.0. The molecule has 5 rings (SSSR count). The van der Waals surface area contributed by atoms with Crippen molar-refractivity contribution < 1.29 is 31.1 Å². The monoisotopic (exact) mass is 504 g/mol. The van der Waals surface area contributed by atoms with Gasteiger partial charge in [-0.3, -0.25) is 5.01 Å². The molecule has 0 radical (unpaired) electrons. The number of benzene rings is 2. The van der Waals surface area contributed by atoms with E-state index in [1.165, 1.54) is 24.4 Å². The number of nitrogens with one attached hydrogen (secondary N) is 1. The van der Waals surface area contributed by atoms with Crippen LogP contribution in [0, 0.1) is 23.3 Å². The lowest BCUT2D eigenvalue weighted by molar-refractivity contribution is -0.0546. The van der Waals surface area contributed by atoms with Gasteiger partial charge < -0.3 is 9.72 Å². The standard InChI is InChI=1S/C23H14F6N6O/c24-14-3-1-2-13(20(14)27)22-31-18-8-30-35(10-19(18)32-22)9-12-4-5-17(34-33-12)11-6-15(25)21(16(26)7-11)36-23(28)29/h1-8,23H,9-10H2,(H,31,32). The lowest BCUT2D eigenvalue weighted by Crippen LogP contribution is -2.22. The first kappa shape index (κ1) is 23.3. The number of rotatable bonds is 6. The second kappa shape index (κ2) is 9.32. The smallest absolute Gasteiger partial charge is 0.387 e. The van der Waals surface area contributed by atoms with Gasteiger partial charge in [-0.1, -0.05) is 6.07 Å². The average molecular weight is 504 g/mol. The quantitative estimate of drug-likeness (QED) is 0.372. The summed E-state index contributed by atoms with van der Waals surface area (Å²) in [7, 11) is 0. The minimum atomic E-state index is -3.37. The van der Waals surface area contributed by atoms with E-state index >= 15 is 0 Å². The number of fused-ring (bicyclic) bond motifs is 1. The Morgan fingerprint density at radius 2 is 1.75 bits per heavy atom. The van der Waals surface area contributed by atoms with Crippen molar-refractivity contribution in [2.75, 3.05) is 0 Å². The number of ether oxygens (including phenoxy) is 1. The molecule has 0 saturated heterocycles. The Kier molecular flexibility index (Phi) is 6.04. The lowest BCUT2D eigenvalue weighted by atomic mass is 10.1. The number of aromatic amines is 1. The first-order valence-electron chi connectivity index (χ1n) is 10.4. The van der Waals surface area contributed by atoms with Gasteiger partial charge in [0.25, 0.3) is 0 Å². The molecule has 0 aliphatic carbocycles. The fourth-order valence-corrected chi connectivity index (χ4v) is 3.61. The van der Waals surface area contributed by atoms with Gasteiger partial charge in [-0.15, -0.1) is 0 Å². The van der Waals surface area contributed by atoms with E-state index in [9.17, 15) is 26.3 Å². The molecule has 2 aromatic heterocycles. The molecule has 7 nitrogen and oxygen atoms in total. The van der Waals surface area contributed by atoms with Gasteiger partial charge in [-0.2, -0.15) is 24.1 Å². The molecule has 0 unspecified atom stereocenters. The molecular formula is C23H14F6N6O. The van der Waals surface area contributed by atoms with E-state index in [1.54, 1.807) is 11.1 Å². The van der Waals surface area contributed by atoms with Crippen LogP contribution in [0.5, 0.6) is 5.75 Å². The third-order valence-corrected chi connectivity index (χ3v) is 5.27. The van der Waals surface area contributed by atoms with E-state index in [-0.39, 0.29) is 35.7 Å². The number of alkyl halides is 2. The summed E-state index contributed by atoms with van der Waals surface area (Å²) < 4.78 is 84.1. The summed E-state index contributed by atoms with van der Waals surface area (Å²) in [5.74, 6) is -5.61. The fourth-order valence-electron chi connectivity index (χ4n) is 3.61. The molecule has 3 heterocycles. The summed E-state index contributed by atoms with van der Waals surface area (Å²) >= 11 is 0. The number of nitrogens with zero attached hydrogens (tertiary/aromatic N) is 5. The van der Waals surface area contributed by atoms with E-state index in [4.69, 9.17) is 0 Å². The molecule has 184 valence electrons. The van der Waals surface area contributed by atoms with Crippen molar-refractivity contribution in [3.05, 3.63) is 82.8 Å². The number of aromatic nitrogens is 4. The fraction of sp³-hybridized carbons (Fsp3) is 0.130. The van der Waals surface area contributed by atoms with Gasteiger partial charge in [0, 0.05) is 5.56 Å². The van der Waals surface area contributed by atoms with Crippen molar-refractivity contribution in [3.8, 4) is 28.4 Å². The van der Waals surface area contributed by atoms with Crippen molar-refractivity contribution in [2.24, 2.45) is 5.10 Å². The summed E-state index contributed by atoms with van der Waals surface area (Å²) in [5.41, 5.74) is 1.66. The Balaban J connectivity index is 1.29. The zero-order chi connectivity index (χ0) is 25.4. The van der Waals surface area contributed by atoms with Crippen molar-refractivity contribution in [1.29, 1.82) is 0 Å². The van der Waals surface area contributed by atoms with Crippen molar-refractivity contribution in [3.63, 3.8) is 0 Å². The largest absolute Gasteiger partial charge is 0.429 e. The van der Waals surface area contributed by atoms with Crippen LogP contribution in [0.15, 0.2) is 47.6 Å². The van der Waals surface area contributed by atoms with Crippen molar-refractivity contribution in [1.82, 2.24) is 25.2 Å². The van der Waals surface area contributed by atoms with E-state index in [0.29, 0.717) is 17.1 Å². The number of hydrogen-bond acceptors (Lipinski definition) is 6. The molecule has 36 heavy (non-hydrogen) atoms. The lowest BCUT2D eigenvalue weighted by Gasteiger charge is -2.20. The SMILES string of the molecule is Fc1cccc(-c2nc3c([nH]2)C=NN(Cc2ccc(-c4cc(F)c(OC(F)F)c(F)c4)nn2)C3)c1F. The number of halogens is 6. The Hall–Kier alpha value is -4.42. The highest BCUT2D eigenvalue weighted by atomic mass is 19.3. The van der Waals surface area contributed by atoms with Crippen LogP contribution in [-0.2, 0) is 13.1 Å². The van der Waals surface area contributed by atoms with Crippen LogP contribution in [0.1, 0.15) is 17.1 Å². The van der Waals surface area contributed by atoms with Crippen LogP contribution in [0.25, 0.3) is 22.6 Å². The van der Waals surface area contributed by atoms with Gasteiger partial charge in [0.2, 0.25) is 0 Å². The Labute approximate surface area is 199 Å². The summed E-state index contributed by atoms with van der Waals surface area (Å²) in [4.78, 5) is 7.27. The molecule has 0 saturated carbocycles. The number of imidazole rings is 1. The minimum Gasteiger partial charge on any atom is -0.429 e. The third kappa shape index (κ3) is 4.59. The van der Waals surface area contributed by atoms with Crippen LogP contribution in [-0.4, -0.2) is 38.0 Å². The van der Waals surface area contributed by atoms with E-state index in [2.05, 4.69) is 30.0 Å². The first-order valence-corrected chi connectivity index (χ1v) is 10.4. The van der Waals surface area contributed by atoms with Crippen LogP contribution >= 0.6 is 0 Å². The van der Waals surface area contributed by atoms with Crippen LogP contribution in [0.4, 0.5) is 26.3 Å². The van der Waals surface area contributed by atoms with Crippen LogP contribution in [0.3, 0.4) is 0 Å². The zero-order valence-electron chi connectivity index (χ0n) is 18.0. The Bertz CT molecular complexity index is 1430. The molecule has 0 bridgehead atoms. The predicted molar refractivity (Wildman–Crippen MR) is 115 cm³/mol. The van der Waals surface area contributed by atoms with Gasteiger partial charge in [-0.05, 0) is 36.4 Å². The van der Waals surface area contributed by atoms with E-state index in [0.717, 1.165) is 18.2 Å². The summed E-state index contributed by atoms with van der Waals surface area (Å²) in [5, 5.41) is 13.9. The molecule has 0 amide bonds. The maximum Gasteiger partial charge on any atom is 0.387 e. The Morgan fingerprint density at radius 3 is 2.44 bits per heavy atom. The maximum atomic E-state index is 14.1. The van der Waals surface area contributed by atoms with E-state index < -0.39 is 35.6 Å². The second-order valence-electron chi connectivity index (χ2n) is 7.67. The first-order chi connectivity index (χ1) is 17.3. The molecule has 13 heteroatoms. The topological polar surface area (TPSA) is 79.3 Å². The number of hydrogen-bond donors (Lipinski definition) is 1. The molecule has 4 aromatic rings. The van der Waals surface area contributed by atoms with Gasteiger partial charge in [0.15, 0.2) is 29.0 Å². The Morgan fingerprint density at radius 1 is 0.972 bits per heavy atom. The highest BCUT2D eigenvalue weighted by molar-refractivity contribution is 5.80. The highest BCUT2D eigenvalue weighted by Gasteiger charge is 2.21. The second-order valence-corrected chi connectivity index (χ2v) is 7.67. The summed E-state index contributed by atoms with van der Waals surface area (Å²) in [6, 6.07) is 8.46. The molecule has 1 aliphatic heterocycles. The van der Waals surface area contributed by atoms with Gasteiger partial charge in [0.1, 0.15) is 5.82 Å². The van der Waals surface area contributed by atoms with E-state index in [1.807, 2.05) is 0 Å². The molecule has 2 aromatic carbocycles. The van der Waals surface area contributed by atoms with Gasteiger partial charge in [-0.25, -0.2) is 22.5 Å². The number of hydrazone groups is 1. The highest BCUT2D eigenvalue weighted by Crippen LogP contribution is 2.29. The molecule has 0 spiro atoms. The summed E-state index contributed by atoms with van der Waals surface area (Å²) in [6.45, 7) is -2.93. The molecule has 1 N–H and O–H groups in total. The number of H-pyrrole nitrogens is 1. The molecule has 1 aliphatic rings. The van der Waals surface area contributed by atoms with Crippen LogP contribution < -0.4 is 4.74 Å². The average Bonchev–Trinajstić information content (AvgIpc) is 3.26. The minimum absolute atomic E-state index is 0.00696. The van der Waals surface area contributed by atoms with Crippen molar-refractivity contribution in [2.45, 2.75) is 19.7 Å². The van der Waals surface area contributed by atoms with Crippen molar-refractivity contribution >= 4 is 6.21 Å². The van der Waals surface area contributed by atoms with Gasteiger partial charge >= 0.3 is 6.61 Å². The normalized spacial score (nSPS) is 12.8. The molecular weight excluding hydrogens is 490 g/mol. The van der Waals surface area contributed by atoms with Gasteiger partial charge in [0.05, 0.1) is 47.6 Å². The maximum absolute atomic E-state index is 14.1.